The maximum atomic E-state index is 11.7. The van der Waals surface area contributed by atoms with Gasteiger partial charge in [0.1, 0.15) is 0 Å². The highest BCUT2D eigenvalue weighted by atomic mass is 32.2. The molecule has 2 saturated carbocycles. The monoisotopic (exact) mass is 248 g/mol. The molecule has 0 aromatic carbocycles. The Morgan fingerprint density at radius 3 is 2.38 bits per heavy atom. The molecule has 16 heavy (non-hydrogen) atoms. The predicted molar refractivity (Wildman–Crippen MR) is 57.0 cm³/mol. The number of carboxylic acid groups (broad SMARTS) is 1. The fourth-order valence-electron chi connectivity index (χ4n) is 1.94. The molecule has 0 radical (unpaired) electrons. The molecule has 3 N–H and O–H groups in total. The van der Waals surface area contributed by atoms with Crippen molar-refractivity contribution in [2.45, 2.75) is 50.1 Å². The number of hydrogen-bond donors (Lipinski definition) is 3. The molecule has 0 aromatic rings. The second-order valence-electron chi connectivity index (χ2n) is 4.70. The van der Waals surface area contributed by atoms with Gasteiger partial charge < -0.3 is 5.11 Å². The van der Waals surface area contributed by atoms with E-state index in [1.54, 1.807) is 0 Å². The van der Waals surface area contributed by atoms with Gasteiger partial charge in [0, 0.05) is 11.6 Å². The highest BCUT2D eigenvalue weighted by Crippen LogP contribution is 2.35. The third kappa shape index (κ3) is 2.93. The zero-order valence-electron chi connectivity index (χ0n) is 8.90. The van der Waals surface area contributed by atoms with Crippen LogP contribution in [0.25, 0.3) is 0 Å². The van der Waals surface area contributed by atoms with Crippen LogP contribution in [0.15, 0.2) is 0 Å². The van der Waals surface area contributed by atoms with Gasteiger partial charge >= 0.3 is 5.97 Å². The molecule has 2 fully saturated rings. The van der Waals surface area contributed by atoms with Gasteiger partial charge in [-0.15, -0.1) is 0 Å². The molecule has 0 aromatic heterocycles. The van der Waals surface area contributed by atoms with E-state index in [0.29, 0.717) is 12.8 Å². The van der Waals surface area contributed by atoms with E-state index in [4.69, 9.17) is 5.11 Å². The SMILES string of the molecule is O=C(O)CC1(NS(=O)(=O)NC2CC2)CCC1. The summed E-state index contributed by atoms with van der Waals surface area (Å²) < 4.78 is 28.3. The Balaban J connectivity index is 1.97. The van der Waals surface area contributed by atoms with Crippen LogP contribution in [0.2, 0.25) is 0 Å². The first-order valence-electron chi connectivity index (χ1n) is 5.44. The highest BCUT2D eigenvalue weighted by molar-refractivity contribution is 7.87. The van der Waals surface area contributed by atoms with E-state index in [1.165, 1.54) is 0 Å². The van der Waals surface area contributed by atoms with Crippen molar-refractivity contribution in [3.63, 3.8) is 0 Å². The van der Waals surface area contributed by atoms with Gasteiger partial charge in [-0.2, -0.15) is 17.9 Å². The third-order valence-electron chi connectivity index (χ3n) is 3.05. The van der Waals surface area contributed by atoms with Crippen LogP contribution >= 0.6 is 0 Å². The Morgan fingerprint density at radius 2 is 2.00 bits per heavy atom. The molecule has 0 heterocycles. The Morgan fingerprint density at radius 1 is 1.38 bits per heavy atom. The Labute approximate surface area is 94.6 Å². The quantitative estimate of drug-likeness (QED) is 0.615. The molecule has 0 aliphatic heterocycles. The van der Waals surface area contributed by atoms with E-state index >= 15 is 0 Å². The fourth-order valence-corrected chi connectivity index (χ4v) is 3.52. The van der Waals surface area contributed by atoms with Crippen molar-refractivity contribution in [1.82, 2.24) is 9.44 Å². The van der Waals surface area contributed by atoms with Crippen LogP contribution in [0.3, 0.4) is 0 Å². The summed E-state index contributed by atoms with van der Waals surface area (Å²) in [4.78, 5) is 10.7. The zero-order chi connectivity index (χ0) is 11.8. The minimum atomic E-state index is -3.55. The molecule has 0 atom stereocenters. The molecule has 2 aliphatic carbocycles. The van der Waals surface area contributed by atoms with Crippen LogP contribution in [0.5, 0.6) is 0 Å². The molecule has 0 unspecified atom stereocenters. The number of carbonyl (C=O) groups is 1. The second kappa shape index (κ2) is 3.97. The van der Waals surface area contributed by atoms with E-state index in [-0.39, 0.29) is 12.5 Å². The molecular formula is C9H16N2O4S. The van der Waals surface area contributed by atoms with Crippen LogP contribution in [0.1, 0.15) is 38.5 Å². The minimum absolute atomic E-state index is 0.0412. The number of nitrogens with one attached hydrogen (secondary N) is 2. The van der Waals surface area contributed by atoms with Gasteiger partial charge in [-0.3, -0.25) is 4.79 Å². The van der Waals surface area contributed by atoms with Crippen molar-refractivity contribution < 1.29 is 18.3 Å². The largest absolute Gasteiger partial charge is 0.481 e. The van der Waals surface area contributed by atoms with Crippen molar-refractivity contribution in [2.75, 3.05) is 0 Å². The van der Waals surface area contributed by atoms with E-state index in [9.17, 15) is 13.2 Å². The Hall–Kier alpha value is -0.660. The van der Waals surface area contributed by atoms with Gasteiger partial charge in [-0.25, -0.2) is 0 Å². The van der Waals surface area contributed by atoms with Crippen LogP contribution in [-0.2, 0) is 15.0 Å². The lowest BCUT2D eigenvalue weighted by Gasteiger charge is -2.40. The van der Waals surface area contributed by atoms with Gasteiger partial charge in [-0.1, -0.05) is 0 Å². The Bertz CT molecular complexity index is 384. The molecule has 0 spiro atoms. The van der Waals surface area contributed by atoms with Crippen molar-refractivity contribution in [3.8, 4) is 0 Å². The topological polar surface area (TPSA) is 95.5 Å². The molecule has 2 rings (SSSR count). The lowest BCUT2D eigenvalue weighted by molar-refractivity contribution is -0.139. The first-order valence-corrected chi connectivity index (χ1v) is 6.92. The van der Waals surface area contributed by atoms with Crippen LogP contribution in [0.4, 0.5) is 0 Å². The summed E-state index contributed by atoms with van der Waals surface area (Å²) in [5.41, 5.74) is -0.757. The molecule has 7 heteroatoms. The van der Waals surface area contributed by atoms with E-state index in [0.717, 1.165) is 19.3 Å². The average molecular weight is 248 g/mol. The van der Waals surface area contributed by atoms with E-state index in [1.807, 2.05) is 0 Å². The van der Waals surface area contributed by atoms with Gasteiger partial charge in [0.15, 0.2) is 0 Å². The number of carboxylic acids is 1. The average Bonchev–Trinajstić information content (AvgIpc) is 2.81. The fraction of sp³-hybridized carbons (Fsp3) is 0.889. The summed E-state index contributed by atoms with van der Waals surface area (Å²) >= 11 is 0. The van der Waals surface area contributed by atoms with E-state index < -0.39 is 21.7 Å². The maximum Gasteiger partial charge on any atom is 0.305 e. The molecule has 0 amide bonds. The molecular weight excluding hydrogens is 232 g/mol. The number of rotatable bonds is 6. The summed E-state index contributed by atoms with van der Waals surface area (Å²) in [6, 6.07) is 0.0412. The smallest absolute Gasteiger partial charge is 0.305 e. The summed E-state index contributed by atoms with van der Waals surface area (Å²) in [5, 5.41) is 8.75. The highest BCUT2D eigenvalue weighted by Gasteiger charge is 2.43. The first kappa shape index (κ1) is 11.8. The summed E-state index contributed by atoms with van der Waals surface area (Å²) in [7, 11) is -3.55. The van der Waals surface area contributed by atoms with Gasteiger partial charge in [-0.05, 0) is 32.1 Å². The number of hydrogen-bond acceptors (Lipinski definition) is 3. The minimum Gasteiger partial charge on any atom is -0.481 e. The van der Waals surface area contributed by atoms with Crippen molar-refractivity contribution in [3.05, 3.63) is 0 Å². The summed E-state index contributed by atoms with van der Waals surface area (Å²) in [6.07, 6.45) is 3.67. The molecule has 0 bridgehead atoms. The third-order valence-corrected chi connectivity index (χ3v) is 4.40. The maximum absolute atomic E-state index is 11.7. The van der Waals surface area contributed by atoms with E-state index in [2.05, 4.69) is 9.44 Å². The van der Waals surface area contributed by atoms with Crippen molar-refractivity contribution in [2.24, 2.45) is 0 Å². The lowest BCUT2D eigenvalue weighted by atomic mass is 9.75. The second-order valence-corrected chi connectivity index (χ2v) is 6.15. The normalized spacial score (nSPS) is 23.8. The zero-order valence-corrected chi connectivity index (χ0v) is 9.72. The van der Waals surface area contributed by atoms with Gasteiger partial charge in [0.05, 0.1) is 6.42 Å². The van der Waals surface area contributed by atoms with Crippen LogP contribution < -0.4 is 9.44 Å². The van der Waals surface area contributed by atoms with Gasteiger partial charge in [0.25, 0.3) is 10.2 Å². The molecule has 92 valence electrons. The predicted octanol–water partition coefficient (Wildman–Crippen LogP) is -0.0298. The van der Waals surface area contributed by atoms with Gasteiger partial charge in [0.2, 0.25) is 0 Å². The van der Waals surface area contributed by atoms with Crippen molar-refractivity contribution in [1.29, 1.82) is 0 Å². The van der Waals surface area contributed by atoms with Crippen LogP contribution in [0, 0.1) is 0 Å². The van der Waals surface area contributed by atoms with Crippen molar-refractivity contribution >= 4 is 16.2 Å². The number of aliphatic carboxylic acids is 1. The summed E-state index contributed by atoms with van der Waals surface area (Å²) in [6.45, 7) is 0. The first-order chi connectivity index (χ1) is 7.41. The molecule has 6 nitrogen and oxygen atoms in total. The molecule has 0 saturated heterocycles. The Kier molecular flexibility index (Phi) is 2.93. The summed E-state index contributed by atoms with van der Waals surface area (Å²) in [5.74, 6) is -0.964. The molecule has 2 aliphatic rings. The lowest BCUT2D eigenvalue weighted by Crippen LogP contribution is -2.57. The standard InChI is InChI=1S/C9H16N2O4S/c12-8(13)6-9(4-1-5-9)11-16(14,15)10-7-2-3-7/h7,10-11H,1-6H2,(H,12,13). The van der Waals surface area contributed by atoms with Crippen LogP contribution in [-0.4, -0.2) is 31.1 Å².